The second kappa shape index (κ2) is 4.35. The molecule has 0 saturated carbocycles. The first-order valence-corrected chi connectivity index (χ1v) is 6.78. The van der Waals surface area contributed by atoms with E-state index in [2.05, 4.69) is 4.98 Å². The number of thioether (sulfide) groups is 1. The van der Waals surface area contributed by atoms with Gasteiger partial charge < -0.3 is 5.11 Å². The van der Waals surface area contributed by atoms with Crippen molar-refractivity contribution in [2.24, 2.45) is 0 Å². The number of hydrogen-bond acceptors (Lipinski definition) is 5. The quantitative estimate of drug-likeness (QED) is 0.847. The van der Waals surface area contributed by atoms with Gasteiger partial charge in [-0.1, -0.05) is 6.08 Å². The van der Waals surface area contributed by atoms with Crippen LogP contribution in [0.1, 0.15) is 28.5 Å². The Morgan fingerprint density at radius 3 is 2.84 bits per heavy atom. The lowest BCUT2D eigenvalue weighted by molar-refractivity contribution is 0.461. The van der Waals surface area contributed by atoms with Gasteiger partial charge in [0.15, 0.2) is 5.75 Å². The van der Waals surface area contributed by atoms with Crippen molar-refractivity contribution in [3.05, 3.63) is 61.7 Å². The average molecular weight is 273 g/mol. The smallest absolute Gasteiger partial charge is 0.268 e. The van der Waals surface area contributed by atoms with E-state index >= 15 is 0 Å². The van der Waals surface area contributed by atoms with E-state index in [-0.39, 0.29) is 10.8 Å². The summed E-state index contributed by atoms with van der Waals surface area (Å²) < 4.78 is 0. The highest BCUT2D eigenvalue weighted by molar-refractivity contribution is 8.08. The summed E-state index contributed by atoms with van der Waals surface area (Å²) in [6.45, 7) is 1.93. The Hall–Kier alpha value is -1.88. The Morgan fingerprint density at radius 2 is 2.16 bits per heavy atom. The van der Waals surface area contributed by atoms with Gasteiger partial charge in [0.1, 0.15) is 0 Å². The van der Waals surface area contributed by atoms with Crippen LogP contribution in [0.25, 0.3) is 4.91 Å². The molecule has 5 heteroatoms. The summed E-state index contributed by atoms with van der Waals surface area (Å²) in [5, 5.41) is 9.66. The molecule has 0 spiro atoms. The van der Waals surface area contributed by atoms with Crippen molar-refractivity contribution in [1.29, 1.82) is 0 Å². The largest absolute Gasteiger partial charge is 0.503 e. The maximum absolute atomic E-state index is 11.4. The van der Waals surface area contributed by atoms with Gasteiger partial charge in [0.2, 0.25) is 5.43 Å². The van der Waals surface area contributed by atoms with E-state index in [9.17, 15) is 14.7 Å². The van der Waals surface area contributed by atoms with Gasteiger partial charge in [0.25, 0.3) is 5.43 Å². The van der Waals surface area contributed by atoms with Gasteiger partial charge >= 0.3 is 0 Å². The Morgan fingerprint density at radius 1 is 1.37 bits per heavy atom. The Kier molecular flexibility index (Phi) is 2.78. The Balaban J connectivity index is 1.85. The molecule has 19 heavy (non-hydrogen) atoms. The van der Waals surface area contributed by atoms with Crippen LogP contribution >= 0.6 is 11.8 Å². The number of hydrogen-bond donors (Lipinski definition) is 1. The van der Waals surface area contributed by atoms with Crippen LogP contribution in [-0.4, -0.2) is 10.1 Å². The number of aromatic nitrogens is 1. The van der Waals surface area contributed by atoms with E-state index in [1.165, 1.54) is 11.8 Å². The van der Waals surface area contributed by atoms with E-state index in [0.717, 1.165) is 17.7 Å². The molecule has 2 aromatic rings. The van der Waals surface area contributed by atoms with Crippen molar-refractivity contribution >= 4 is 16.7 Å². The molecule has 1 atom stereocenters. The molecule has 1 aliphatic heterocycles. The highest BCUT2D eigenvalue weighted by Crippen LogP contribution is 2.48. The first kappa shape index (κ1) is 12.2. The molecular weight excluding hydrogens is 262 g/mol. The van der Waals surface area contributed by atoms with Crippen LogP contribution in [0.3, 0.4) is 0 Å². The van der Waals surface area contributed by atoms with Crippen LogP contribution in [0.4, 0.5) is 0 Å². The summed E-state index contributed by atoms with van der Waals surface area (Å²) >= 11 is 1.51. The summed E-state index contributed by atoms with van der Waals surface area (Å²) in [4.78, 5) is 27.3. The van der Waals surface area contributed by atoms with Crippen LogP contribution in [-0.2, 0) is 0 Å². The molecule has 1 aromatic carbocycles. The molecule has 0 bridgehead atoms. The summed E-state index contributed by atoms with van der Waals surface area (Å²) in [6.07, 6.45) is 4.45. The maximum atomic E-state index is 11.4. The number of aromatic hydroxyl groups is 1. The SMILES string of the molecule is Cc1cc(C2CC=C(c3c(O)c(=O)c3=O)S2)ccn1. The lowest BCUT2D eigenvalue weighted by Crippen LogP contribution is -2.33. The molecule has 1 unspecified atom stereocenters. The number of nitrogens with zero attached hydrogens (tertiary/aromatic N) is 1. The van der Waals surface area contributed by atoms with Gasteiger partial charge in [0.05, 0.1) is 5.56 Å². The molecule has 0 radical (unpaired) electrons. The molecule has 0 fully saturated rings. The summed E-state index contributed by atoms with van der Waals surface area (Å²) in [6, 6.07) is 3.96. The summed E-state index contributed by atoms with van der Waals surface area (Å²) in [5.41, 5.74) is 0.913. The van der Waals surface area contributed by atoms with Crippen LogP contribution in [0, 0.1) is 6.92 Å². The third-order valence-electron chi connectivity index (χ3n) is 3.21. The van der Waals surface area contributed by atoms with Crippen molar-refractivity contribution in [3.63, 3.8) is 0 Å². The van der Waals surface area contributed by atoms with E-state index < -0.39 is 16.6 Å². The number of rotatable bonds is 2. The molecule has 0 amide bonds. The van der Waals surface area contributed by atoms with Gasteiger partial charge in [-0.2, -0.15) is 0 Å². The topological polar surface area (TPSA) is 67.3 Å². The van der Waals surface area contributed by atoms with Crippen molar-refractivity contribution in [2.75, 3.05) is 0 Å². The van der Waals surface area contributed by atoms with E-state index in [0.29, 0.717) is 4.91 Å². The van der Waals surface area contributed by atoms with Crippen molar-refractivity contribution < 1.29 is 5.11 Å². The fraction of sp³-hybridized carbons (Fsp3) is 0.214. The highest BCUT2D eigenvalue weighted by Gasteiger charge is 2.29. The molecule has 3 rings (SSSR count). The van der Waals surface area contributed by atoms with Gasteiger partial charge in [-0.25, -0.2) is 0 Å². The molecule has 0 saturated heterocycles. The molecule has 2 heterocycles. The number of pyridine rings is 1. The van der Waals surface area contributed by atoms with Crippen molar-refractivity contribution in [2.45, 2.75) is 18.6 Å². The second-order valence-electron chi connectivity index (χ2n) is 4.52. The van der Waals surface area contributed by atoms with Crippen molar-refractivity contribution in [3.8, 4) is 5.75 Å². The molecule has 4 nitrogen and oxygen atoms in total. The molecule has 1 aromatic heterocycles. The number of aryl methyl sites for hydroxylation is 1. The monoisotopic (exact) mass is 273 g/mol. The minimum atomic E-state index is -0.778. The average Bonchev–Trinajstić information content (AvgIpc) is 2.88. The first-order valence-electron chi connectivity index (χ1n) is 5.90. The normalized spacial score (nSPS) is 18.8. The predicted octanol–water partition coefficient (Wildman–Crippen LogP) is 1.91. The molecule has 1 aliphatic rings. The minimum Gasteiger partial charge on any atom is -0.503 e. The van der Waals surface area contributed by atoms with Crippen LogP contribution in [0.5, 0.6) is 5.75 Å². The number of allylic oxidation sites excluding steroid dienone is 1. The third-order valence-corrected chi connectivity index (χ3v) is 4.58. The molecule has 1 N–H and O–H groups in total. The van der Waals surface area contributed by atoms with Gasteiger partial charge in [-0.3, -0.25) is 14.6 Å². The van der Waals surface area contributed by atoms with Crippen LogP contribution in [0.2, 0.25) is 0 Å². The summed E-state index contributed by atoms with van der Waals surface area (Å²) in [7, 11) is 0. The Labute approximate surface area is 113 Å². The lowest BCUT2D eigenvalue weighted by Gasteiger charge is -2.11. The summed E-state index contributed by atoms with van der Waals surface area (Å²) in [5.74, 6) is -0.393. The standard InChI is InChI=1S/C14H11NO3S/c1-7-6-8(4-5-15-7)9-2-3-10(19-9)11-12(16)14(18)13(11)17/h3-6,9,16H,2H2,1H3. The third kappa shape index (κ3) is 1.90. The first-order chi connectivity index (χ1) is 9.08. The van der Waals surface area contributed by atoms with E-state index in [1.54, 1.807) is 6.20 Å². The van der Waals surface area contributed by atoms with Gasteiger partial charge in [-0.15, -0.1) is 11.8 Å². The fourth-order valence-corrected chi connectivity index (χ4v) is 3.49. The maximum Gasteiger partial charge on any atom is 0.268 e. The molecule has 96 valence electrons. The molecular formula is C14H11NO3S. The van der Waals surface area contributed by atoms with Gasteiger partial charge in [-0.05, 0) is 31.0 Å². The second-order valence-corrected chi connectivity index (χ2v) is 5.77. The molecule has 0 aliphatic carbocycles. The van der Waals surface area contributed by atoms with Crippen molar-refractivity contribution in [1.82, 2.24) is 4.98 Å². The zero-order chi connectivity index (χ0) is 13.6. The predicted molar refractivity (Wildman–Crippen MR) is 74.9 cm³/mol. The lowest BCUT2D eigenvalue weighted by atomic mass is 10.1. The van der Waals surface area contributed by atoms with Crippen LogP contribution in [0.15, 0.2) is 34.0 Å². The zero-order valence-corrected chi connectivity index (χ0v) is 11.0. The fourth-order valence-electron chi connectivity index (χ4n) is 2.20. The van der Waals surface area contributed by atoms with E-state index in [1.807, 2.05) is 25.1 Å². The zero-order valence-electron chi connectivity index (χ0n) is 10.2. The van der Waals surface area contributed by atoms with Crippen LogP contribution < -0.4 is 10.9 Å². The van der Waals surface area contributed by atoms with E-state index in [4.69, 9.17) is 0 Å². The highest BCUT2D eigenvalue weighted by atomic mass is 32.2. The minimum absolute atomic E-state index is 0.184. The van der Waals surface area contributed by atoms with Gasteiger partial charge in [0, 0.05) is 22.0 Å². The Bertz CT molecular complexity index is 756.